The molecule has 39 heavy (non-hydrogen) atoms. The lowest BCUT2D eigenvalue weighted by Crippen LogP contribution is -2.42. The molecule has 0 unspecified atom stereocenters. The lowest BCUT2D eigenvalue weighted by atomic mass is 10.00. The second-order valence-electron chi connectivity index (χ2n) is 10.6. The zero-order chi connectivity index (χ0) is 27.8. The molecule has 3 heterocycles. The predicted octanol–water partition coefficient (Wildman–Crippen LogP) is 1.74. The number of carbonyl (C=O) groups is 2. The summed E-state index contributed by atoms with van der Waals surface area (Å²) in [5.41, 5.74) is 3.76. The van der Waals surface area contributed by atoms with Crippen LogP contribution >= 0.6 is 0 Å². The van der Waals surface area contributed by atoms with Crippen molar-refractivity contribution in [2.45, 2.75) is 44.9 Å². The van der Waals surface area contributed by atoms with Crippen molar-refractivity contribution in [3.63, 3.8) is 0 Å². The number of rotatable bonds is 11. The molecule has 10 heteroatoms. The third-order valence-electron chi connectivity index (χ3n) is 7.55. The van der Waals surface area contributed by atoms with E-state index in [-0.39, 0.29) is 24.4 Å². The molecule has 1 fully saturated rings. The first-order chi connectivity index (χ1) is 18.8. The van der Waals surface area contributed by atoms with Crippen LogP contribution in [0.5, 0.6) is 0 Å². The maximum atomic E-state index is 13.1. The summed E-state index contributed by atoms with van der Waals surface area (Å²) in [7, 11) is 3.57. The molecule has 1 saturated heterocycles. The van der Waals surface area contributed by atoms with E-state index in [0.29, 0.717) is 44.3 Å². The van der Waals surface area contributed by atoms with Gasteiger partial charge in [0.1, 0.15) is 11.5 Å². The van der Waals surface area contributed by atoms with Crippen molar-refractivity contribution in [2.75, 3.05) is 70.2 Å². The number of nitrogens with one attached hydrogen (secondary N) is 2. The van der Waals surface area contributed by atoms with Crippen molar-refractivity contribution in [1.29, 1.82) is 0 Å². The minimum absolute atomic E-state index is 0.102. The number of carbonyl (C=O) groups excluding carboxylic acids is 2. The number of piperidine rings is 1. The Morgan fingerprint density at radius 1 is 1.18 bits per heavy atom. The minimum atomic E-state index is -0.684. The standard InChI is InChI=1S/C29H42N6O4/c1-21(36)35-12-9-24(10-13-35)31-25-16-27(32-28(17-25)33(2)14-15-39-3)29(38)30-18-26(37)20-34-11-8-22-6-4-5-7-23(22)19-34/h4-7,16-17,24,26,37H,8-15,18-20H2,1-3H3,(H,30,38)(H,31,32)/t26-/m0/s1. The number of nitrogens with zero attached hydrogens (tertiary/aromatic N) is 4. The maximum absolute atomic E-state index is 13.1. The summed E-state index contributed by atoms with van der Waals surface area (Å²) in [5, 5.41) is 17.1. The number of anilines is 2. The van der Waals surface area contributed by atoms with Crippen LogP contribution < -0.4 is 15.5 Å². The Balaban J connectivity index is 1.37. The molecule has 0 aliphatic carbocycles. The van der Waals surface area contributed by atoms with Crippen LogP contribution in [0.15, 0.2) is 36.4 Å². The Bertz CT molecular complexity index is 1120. The molecule has 4 rings (SSSR count). The molecule has 1 aromatic heterocycles. The highest BCUT2D eigenvalue weighted by Gasteiger charge is 2.23. The molecular formula is C29H42N6O4. The normalized spacial score (nSPS) is 16.9. The van der Waals surface area contributed by atoms with E-state index in [4.69, 9.17) is 4.74 Å². The number of amides is 2. The number of ether oxygens (including phenoxy) is 1. The largest absolute Gasteiger partial charge is 0.390 e. The molecule has 0 spiro atoms. The van der Waals surface area contributed by atoms with Crippen molar-refractivity contribution in [1.82, 2.24) is 20.1 Å². The molecule has 2 aliphatic heterocycles. The van der Waals surface area contributed by atoms with Crippen LogP contribution in [-0.4, -0.2) is 104 Å². The van der Waals surface area contributed by atoms with Crippen LogP contribution in [0.1, 0.15) is 41.4 Å². The zero-order valence-electron chi connectivity index (χ0n) is 23.4. The van der Waals surface area contributed by atoms with Crippen LogP contribution in [0, 0.1) is 0 Å². The second kappa shape index (κ2) is 13.7. The lowest BCUT2D eigenvalue weighted by Gasteiger charge is -2.32. The number of likely N-dealkylation sites (N-methyl/N-ethyl adjacent to an activating group) is 1. The van der Waals surface area contributed by atoms with E-state index in [1.54, 1.807) is 20.1 Å². The number of β-amino-alcohol motifs (C(OH)–C–C–N with tert-alkyl or cyclic N) is 1. The van der Waals surface area contributed by atoms with Crippen molar-refractivity contribution >= 4 is 23.3 Å². The summed E-state index contributed by atoms with van der Waals surface area (Å²) >= 11 is 0. The Labute approximate surface area is 231 Å². The highest BCUT2D eigenvalue weighted by molar-refractivity contribution is 5.93. The number of aromatic nitrogens is 1. The molecule has 212 valence electrons. The van der Waals surface area contributed by atoms with E-state index in [9.17, 15) is 14.7 Å². The Morgan fingerprint density at radius 3 is 2.64 bits per heavy atom. The van der Waals surface area contributed by atoms with E-state index in [2.05, 4.69) is 38.7 Å². The smallest absolute Gasteiger partial charge is 0.270 e. The van der Waals surface area contributed by atoms with Gasteiger partial charge >= 0.3 is 0 Å². The number of fused-ring (bicyclic) bond motifs is 1. The van der Waals surface area contributed by atoms with Gasteiger partial charge in [0.2, 0.25) is 5.91 Å². The monoisotopic (exact) mass is 538 g/mol. The van der Waals surface area contributed by atoms with Gasteiger partial charge in [-0.3, -0.25) is 14.5 Å². The number of pyridine rings is 1. The first-order valence-electron chi connectivity index (χ1n) is 13.8. The number of aliphatic hydroxyl groups excluding tert-OH is 1. The average Bonchev–Trinajstić information content (AvgIpc) is 2.94. The van der Waals surface area contributed by atoms with Crippen LogP contribution in [0.2, 0.25) is 0 Å². The molecule has 10 nitrogen and oxygen atoms in total. The molecule has 2 aliphatic rings. The topological polar surface area (TPSA) is 110 Å². The third kappa shape index (κ3) is 8.14. The second-order valence-corrected chi connectivity index (χ2v) is 10.6. The number of hydrogen-bond donors (Lipinski definition) is 3. The summed E-state index contributed by atoms with van der Waals surface area (Å²) < 4.78 is 5.21. The maximum Gasteiger partial charge on any atom is 0.270 e. The van der Waals surface area contributed by atoms with E-state index in [1.807, 2.05) is 29.0 Å². The first-order valence-corrected chi connectivity index (χ1v) is 13.8. The van der Waals surface area contributed by atoms with Crippen molar-refractivity contribution in [3.05, 3.63) is 53.2 Å². The van der Waals surface area contributed by atoms with Crippen molar-refractivity contribution in [3.8, 4) is 0 Å². The fourth-order valence-electron chi connectivity index (χ4n) is 5.20. The number of likely N-dealkylation sites (tertiary alicyclic amines) is 1. The van der Waals surface area contributed by atoms with Crippen LogP contribution in [0.3, 0.4) is 0 Å². The van der Waals surface area contributed by atoms with Gasteiger partial charge in [-0.2, -0.15) is 0 Å². The van der Waals surface area contributed by atoms with Crippen LogP contribution in [0.4, 0.5) is 11.5 Å². The quantitative estimate of drug-likeness (QED) is 0.397. The molecule has 3 N–H and O–H groups in total. The van der Waals surface area contributed by atoms with Crippen molar-refractivity contribution < 1.29 is 19.4 Å². The predicted molar refractivity (Wildman–Crippen MR) is 152 cm³/mol. The Kier molecular flexibility index (Phi) is 10.1. The van der Waals surface area contributed by atoms with E-state index in [0.717, 1.165) is 38.0 Å². The summed E-state index contributed by atoms with van der Waals surface area (Å²) in [6, 6.07) is 12.3. The Hall–Kier alpha value is -3.21. The van der Waals surface area contributed by atoms with E-state index >= 15 is 0 Å². The van der Waals surface area contributed by atoms with Gasteiger partial charge in [-0.25, -0.2) is 4.98 Å². The molecule has 2 aromatic rings. The SMILES string of the molecule is COCCN(C)c1cc(NC2CCN(C(C)=O)CC2)cc(C(=O)NC[C@H](O)CN2CCc3ccccc3C2)n1. The number of methoxy groups -OCH3 is 1. The summed E-state index contributed by atoms with van der Waals surface area (Å²) in [6.45, 7) is 6.53. The Morgan fingerprint density at radius 2 is 1.92 bits per heavy atom. The number of aliphatic hydroxyl groups is 1. The number of benzene rings is 1. The lowest BCUT2D eigenvalue weighted by molar-refractivity contribution is -0.129. The van der Waals surface area contributed by atoms with Gasteiger partial charge in [-0.15, -0.1) is 0 Å². The van der Waals surface area contributed by atoms with Gasteiger partial charge < -0.3 is 30.3 Å². The molecule has 0 radical (unpaired) electrons. The fourth-order valence-corrected chi connectivity index (χ4v) is 5.20. The fraction of sp³-hybridized carbons (Fsp3) is 0.552. The van der Waals surface area contributed by atoms with Crippen molar-refractivity contribution in [2.24, 2.45) is 0 Å². The van der Waals surface area contributed by atoms with E-state index in [1.165, 1.54) is 11.1 Å². The number of hydrogen-bond acceptors (Lipinski definition) is 8. The minimum Gasteiger partial charge on any atom is -0.390 e. The van der Waals surface area contributed by atoms with Gasteiger partial charge in [-0.05, 0) is 36.5 Å². The first kappa shape index (κ1) is 28.8. The summed E-state index contributed by atoms with van der Waals surface area (Å²) in [4.78, 5) is 35.5. The highest BCUT2D eigenvalue weighted by Crippen LogP contribution is 2.22. The van der Waals surface area contributed by atoms with Gasteiger partial charge in [0, 0.05) is 84.7 Å². The summed E-state index contributed by atoms with van der Waals surface area (Å²) in [5.74, 6) is 0.441. The van der Waals surface area contributed by atoms with Crippen LogP contribution in [0.25, 0.3) is 0 Å². The molecular weight excluding hydrogens is 496 g/mol. The van der Waals surface area contributed by atoms with Crippen LogP contribution in [-0.2, 0) is 22.5 Å². The molecule has 0 bridgehead atoms. The highest BCUT2D eigenvalue weighted by atomic mass is 16.5. The molecule has 0 saturated carbocycles. The van der Waals surface area contributed by atoms with Gasteiger partial charge in [-0.1, -0.05) is 24.3 Å². The van der Waals surface area contributed by atoms with Gasteiger partial charge in [0.25, 0.3) is 5.91 Å². The molecule has 1 aromatic carbocycles. The van der Waals surface area contributed by atoms with Gasteiger partial charge in [0.05, 0.1) is 12.7 Å². The molecule has 2 amide bonds. The third-order valence-corrected chi connectivity index (χ3v) is 7.55. The zero-order valence-corrected chi connectivity index (χ0v) is 23.4. The van der Waals surface area contributed by atoms with E-state index < -0.39 is 6.10 Å². The summed E-state index contributed by atoms with van der Waals surface area (Å²) in [6.07, 6.45) is 1.96. The van der Waals surface area contributed by atoms with Gasteiger partial charge in [0.15, 0.2) is 0 Å². The average molecular weight is 539 g/mol. The molecule has 1 atom stereocenters.